The maximum atomic E-state index is 5.28. The molecule has 3 heteroatoms. The van der Waals surface area contributed by atoms with Crippen LogP contribution in [0.2, 0.25) is 0 Å². The second-order valence-corrected chi connectivity index (χ2v) is 6.56. The first kappa shape index (κ1) is 14.9. The Balaban J connectivity index is 1.81. The standard InChI is InChI=1S/C18H28N2O/c1-21-14-9-16-7-2-3-8-17(16)20-13-6-12-19-18(15-20)10-4-5-11-18/h2-3,7-8,19H,4-6,9-15H2,1H3. The fourth-order valence-electron chi connectivity index (χ4n) is 3.96. The smallest absolute Gasteiger partial charge is 0.0503 e. The third kappa shape index (κ3) is 3.41. The van der Waals surface area contributed by atoms with Gasteiger partial charge in [0.25, 0.3) is 0 Å². The molecule has 0 radical (unpaired) electrons. The van der Waals surface area contributed by atoms with E-state index in [2.05, 4.69) is 34.5 Å². The van der Waals surface area contributed by atoms with Gasteiger partial charge < -0.3 is 15.0 Å². The summed E-state index contributed by atoms with van der Waals surface area (Å²) in [6, 6.07) is 8.87. The molecule has 1 aliphatic heterocycles. The highest BCUT2D eigenvalue weighted by Crippen LogP contribution is 2.34. The van der Waals surface area contributed by atoms with Crippen LogP contribution < -0.4 is 10.2 Å². The van der Waals surface area contributed by atoms with Crippen molar-refractivity contribution < 1.29 is 4.74 Å². The average Bonchev–Trinajstić information content (AvgIpc) is 2.86. The van der Waals surface area contributed by atoms with Gasteiger partial charge in [-0.15, -0.1) is 0 Å². The third-order valence-electron chi connectivity index (χ3n) is 5.07. The van der Waals surface area contributed by atoms with Crippen LogP contribution in [0, 0.1) is 0 Å². The SMILES string of the molecule is COCCc1ccccc1N1CCCNC2(CCCC2)C1. The van der Waals surface area contributed by atoms with Crippen molar-refractivity contribution >= 4 is 5.69 Å². The number of benzene rings is 1. The summed E-state index contributed by atoms with van der Waals surface area (Å²) in [5.41, 5.74) is 3.21. The van der Waals surface area contributed by atoms with Gasteiger partial charge in [-0.25, -0.2) is 0 Å². The van der Waals surface area contributed by atoms with Crippen molar-refractivity contribution in [3.63, 3.8) is 0 Å². The molecule has 3 rings (SSSR count). The first-order valence-electron chi connectivity index (χ1n) is 8.40. The van der Waals surface area contributed by atoms with Crippen LogP contribution in [0.4, 0.5) is 5.69 Å². The molecule has 0 amide bonds. The van der Waals surface area contributed by atoms with Gasteiger partial charge in [0.05, 0.1) is 6.61 Å². The molecule has 1 saturated heterocycles. The Morgan fingerprint density at radius 1 is 1.19 bits per heavy atom. The zero-order valence-corrected chi connectivity index (χ0v) is 13.2. The van der Waals surface area contributed by atoms with Crippen molar-refractivity contribution in [3.8, 4) is 0 Å². The minimum absolute atomic E-state index is 0.366. The number of hydrogen-bond donors (Lipinski definition) is 1. The predicted octanol–water partition coefficient (Wildman–Crippen LogP) is 2.99. The fraction of sp³-hybridized carbons (Fsp3) is 0.667. The fourth-order valence-corrected chi connectivity index (χ4v) is 3.96. The number of nitrogens with zero attached hydrogens (tertiary/aromatic N) is 1. The second-order valence-electron chi connectivity index (χ2n) is 6.56. The van der Waals surface area contributed by atoms with Crippen LogP contribution in [0.1, 0.15) is 37.7 Å². The van der Waals surface area contributed by atoms with Gasteiger partial charge in [0, 0.05) is 31.4 Å². The first-order chi connectivity index (χ1) is 10.3. The maximum absolute atomic E-state index is 5.28. The summed E-state index contributed by atoms with van der Waals surface area (Å²) in [7, 11) is 1.78. The lowest BCUT2D eigenvalue weighted by Crippen LogP contribution is -2.49. The van der Waals surface area contributed by atoms with Crippen LogP contribution in [-0.4, -0.2) is 38.9 Å². The van der Waals surface area contributed by atoms with Crippen LogP contribution in [0.25, 0.3) is 0 Å². The monoisotopic (exact) mass is 288 g/mol. The van der Waals surface area contributed by atoms with Gasteiger partial charge in [-0.2, -0.15) is 0 Å². The molecule has 2 fully saturated rings. The minimum atomic E-state index is 0.366. The molecule has 116 valence electrons. The molecule has 1 heterocycles. The van der Waals surface area contributed by atoms with E-state index in [1.807, 2.05) is 0 Å². The Labute approximate surface area is 128 Å². The van der Waals surface area contributed by atoms with E-state index in [0.29, 0.717) is 5.54 Å². The summed E-state index contributed by atoms with van der Waals surface area (Å²) >= 11 is 0. The van der Waals surface area contributed by atoms with E-state index in [1.54, 1.807) is 7.11 Å². The summed E-state index contributed by atoms with van der Waals surface area (Å²) in [6.07, 6.45) is 7.68. The van der Waals surface area contributed by atoms with Gasteiger partial charge in [-0.1, -0.05) is 31.0 Å². The quantitative estimate of drug-likeness (QED) is 0.922. The molecule has 0 atom stereocenters. The molecule has 2 aliphatic rings. The molecular weight excluding hydrogens is 260 g/mol. The molecule has 0 aromatic heterocycles. The Bertz CT molecular complexity index is 454. The lowest BCUT2D eigenvalue weighted by Gasteiger charge is -2.35. The number of rotatable bonds is 4. The molecule has 21 heavy (non-hydrogen) atoms. The second kappa shape index (κ2) is 6.80. The molecule has 1 aromatic carbocycles. The van der Waals surface area contributed by atoms with Gasteiger partial charge in [-0.3, -0.25) is 0 Å². The molecule has 1 spiro atoms. The number of para-hydroxylation sites is 1. The average molecular weight is 288 g/mol. The van der Waals surface area contributed by atoms with E-state index in [0.717, 1.165) is 26.1 Å². The van der Waals surface area contributed by atoms with E-state index in [1.165, 1.54) is 49.9 Å². The van der Waals surface area contributed by atoms with E-state index >= 15 is 0 Å². The van der Waals surface area contributed by atoms with Crippen molar-refractivity contribution in [2.24, 2.45) is 0 Å². The highest BCUT2D eigenvalue weighted by Gasteiger charge is 2.36. The van der Waals surface area contributed by atoms with Gasteiger partial charge >= 0.3 is 0 Å². The van der Waals surface area contributed by atoms with Crippen molar-refractivity contribution in [1.82, 2.24) is 5.32 Å². The Hall–Kier alpha value is -1.06. The third-order valence-corrected chi connectivity index (χ3v) is 5.07. The van der Waals surface area contributed by atoms with E-state index in [-0.39, 0.29) is 0 Å². The lowest BCUT2D eigenvalue weighted by atomic mass is 9.96. The predicted molar refractivity (Wildman–Crippen MR) is 88.1 cm³/mol. The topological polar surface area (TPSA) is 24.5 Å². The minimum Gasteiger partial charge on any atom is -0.384 e. The van der Waals surface area contributed by atoms with Gasteiger partial charge in [-0.05, 0) is 43.9 Å². The number of methoxy groups -OCH3 is 1. The molecule has 0 unspecified atom stereocenters. The number of ether oxygens (including phenoxy) is 1. The molecular formula is C18H28N2O. The number of anilines is 1. The molecule has 1 saturated carbocycles. The molecule has 1 aromatic rings. The van der Waals surface area contributed by atoms with Gasteiger partial charge in [0.15, 0.2) is 0 Å². The number of hydrogen-bond acceptors (Lipinski definition) is 3. The normalized spacial score (nSPS) is 21.7. The molecule has 1 aliphatic carbocycles. The van der Waals surface area contributed by atoms with Crippen LogP contribution in [-0.2, 0) is 11.2 Å². The summed E-state index contributed by atoms with van der Waals surface area (Å²) in [5.74, 6) is 0. The summed E-state index contributed by atoms with van der Waals surface area (Å²) < 4.78 is 5.28. The first-order valence-corrected chi connectivity index (χ1v) is 8.40. The van der Waals surface area contributed by atoms with Crippen LogP contribution in [0.15, 0.2) is 24.3 Å². The van der Waals surface area contributed by atoms with Crippen molar-refractivity contribution in [2.45, 2.75) is 44.1 Å². The largest absolute Gasteiger partial charge is 0.384 e. The number of nitrogens with one attached hydrogen (secondary N) is 1. The van der Waals surface area contributed by atoms with E-state index in [4.69, 9.17) is 4.74 Å². The summed E-state index contributed by atoms with van der Waals surface area (Å²) in [6.45, 7) is 4.29. The highest BCUT2D eigenvalue weighted by molar-refractivity contribution is 5.54. The van der Waals surface area contributed by atoms with Crippen molar-refractivity contribution in [2.75, 3.05) is 38.3 Å². The van der Waals surface area contributed by atoms with Crippen molar-refractivity contribution in [3.05, 3.63) is 29.8 Å². The van der Waals surface area contributed by atoms with Gasteiger partial charge in [0.2, 0.25) is 0 Å². The van der Waals surface area contributed by atoms with Gasteiger partial charge in [0.1, 0.15) is 0 Å². The van der Waals surface area contributed by atoms with Crippen LogP contribution >= 0.6 is 0 Å². The molecule has 1 N–H and O–H groups in total. The Morgan fingerprint density at radius 3 is 2.81 bits per heavy atom. The van der Waals surface area contributed by atoms with Crippen LogP contribution in [0.3, 0.4) is 0 Å². The Morgan fingerprint density at radius 2 is 2.00 bits per heavy atom. The van der Waals surface area contributed by atoms with Crippen LogP contribution in [0.5, 0.6) is 0 Å². The maximum Gasteiger partial charge on any atom is 0.0503 e. The molecule has 3 nitrogen and oxygen atoms in total. The molecule has 0 bridgehead atoms. The van der Waals surface area contributed by atoms with E-state index < -0.39 is 0 Å². The van der Waals surface area contributed by atoms with E-state index in [9.17, 15) is 0 Å². The van der Waals surface area contributed by atoms with Crippen molar-refractivity contribution in [1.29, 1.82) is 0 Å². The zero-order valence-electron chi connectivity index (χ0n) is 13.2. The summed E-state index contributed by atoms with van der Waals surface area (Å²) in [5, 5.41) is 3.85. The zero-order chi connectivity index (χ0) is 14.5. The lowest BCUT2D eigenvalue weighted by molar-refractivity contribution is 0.202. The summed E-state index contributed by atoms with van der Waals surface area (Å²) in [4.78, 5) is 2.62. The highest BCUT2D eigenvalue weighted by atomic mass is 16.5. The Kier molecular flexibility index (Phi) is 4.81.